The fraction of sp³-hybridized carbons (Fsp3) is 0.577. The smallest absolute Gasteiger partial charge is 0.243 e. The molecule has 5 heterocycles. The van der Waals surface area contributed by atoms with Crippen LogP contribution in [0, 0.1) is 11.3 Å². The highest BCUT2D eigenvalue weighted by Crippen LogP contribution is 2.56. The monoisotopic (exact) mass is 472 g/mol. The number of rotatable bonds is 3. The average Bonchev–Trinajstić information content (AvgIpc) is 3.23. The number of piperazine rings is 1. The van der Waals surface area contributed by atoms with E-state index in [2.05, 4.69) is 44.5 Å². The fourth-order valence-corrected chi connectivity index (χ4v) is 6.28. The molecule has 2 atom stereocenters. The van der Waals surface area contributed by atoms with Crippen molar-refractivity contribution in [1.29, 1.82) is 5.26 Å². The van der Waals surface area contributed by atoms with Crippen molar-refractivity contribution in [3.8, 4) is 6.07 Å². The summed E-state index contributed by atoms with van der Waals surface area (Å²) in [7, 11) is 2.04. The summed E-state index contributed by atoms with van der Waals surface area (Å²) in [5.41, 5.74) is 1.47. The van der Waals surface area contributed by atoms with Crippen molar-refractivity contribution >= 4 is 23.4 Å². The first-order valence-corrected chi connectivity index (χ1v) is 12.6. The summed E-state index contributed by atoms with van der Waals surface area (Å²) < 4.78 is 0. The molecule has 9 nitrogen and oxygen atoms in total. The predicted molar refractivity (Wildman–Crippen MR) is 133 cm³/mol. The SMILES string of the molecule is CC1CN(c2ncnc3c2C2(CCC2)CN3c2cc(C#N)ccn2)CCN1C(=O)C1(C)CCN1C. The molecule has 182 valence electrons. The number of hydrogen-bond acceptors (Lipinski definition) is 8. The lowest BCUT2D eigenvalue weighted by molar-refractivity contribution is -0.153. The number of aromatic nitrogens is 3. The average molecular weight is 473 g/mol. The van der Waals surface area contributed by atoms with Gasteiger partial charge in [-0.2, -0.15) is 5.26 Å². The largest absolute Gasteiger partial charge is 0.352 e. The lowest BCUT2D eigenvalue weighted by Crippen LogP contribution is -2.68. The van der Waals surface area contributed by atoms with Crippen LogP contribution in [0.1, 0.15) is 50.7 Å². The van der Waals surface area contributed by atoms with Gasteiger partial charge in [0.05, 0.1) is 17.2 Å². The van der Waals surface area contributed by atoms with E-state index in [9.17, 15) is 10.1 Å². The molecule has 1 spiro atoms. The molecule has 3 aliphatic heterocycles. The van der Waals surface area contributed by atoms with E-state index in [1.807, 2.05) is 13.1 Å². The minimum Gasteiger partial charge on any atom is -0.352 e. The second kappa shape index (κ2) is 7.89. The van der Waals surface area contributed by atoms with Crippen molar-refractivity contribution in [2.24, 2.45) is 0 Å². The van der Waals surface area contributed by atoms with E-state index in [0.717, 1.165) is 62.9 Å². The van der Waals surface area contributed by atoms with Gasteiger partial charge in [0.25, 0.3) is 0 Å². The Kier molecular flexibility index (Phi) is 5.01. The number of likely N-dealkylation sites (tertiary alicyclic amines) is 1. The molecule has 2 aromatic rings. The topological polar surface area (TPSA) is 92.5 Å². The van der Waals surface area contributed by atoms with Gasteiger partial charge in [-0.1, -0.05) is 6.42 Å². The summed E-state index contributed by atoms with van der Waals surface area (Å²) in [6.45, 7) is 8.23. The first-order valence-electron chi connectivity index (χ1n) is 12.6. The molecular formula is C26H32N8O. The van der Waals surface area contributed by atoms with Crippen LogP contribution in [0.25, 0.3) is 0 Å². The number of nitriles is 1. The first-order chi connectivity index (χ1) is 16.9. The van der Waals surface area contributed by atoms with Crippen LogP contribution in [0.5, 0.6) is 0 Å². The zero-order valence-corrected chi connectivity index (χ0v) is 20.7. The molecule has 0 bridgehead atoms. The maximum Gasteiger partial charge on any atom is 0.243 e. The molecule has 3 fully saturated rings. The van der Waals surface area contributed by atoms with Gasteiger partial charge in [0.2, 0.25) is 5.91 Å². The second-order valence-corrected chi connectivity index (χ2v) is 10.9. The Balaban J connectivity index is 1.31. The van der Waals surface area contributed by atoms with Crippen LogP contribution in [0.15, 0.2) is 24.7 Å². The van der Waals surface area contributed by atoms with Crippen molar-refractivity contribution in [2.75, 3.05) is 49.6 Å². The number of likely N-dealkylation sites (N-methyl/N-ethyl adjacent to an activating group) is 1. The third kappa shape index (κ3) is 3.23. The maximum atomic E-state index is 13.4. The zero-order chi connectivity index (χ0) is 24.4. The summed E-state index contributed by atoms with van der Waals surface area (Å²) in [6, 6.07) is 5.90. The van der Waals surface area contributed by atoms with Crippen molar-refractivity contribution in [1.82, 2.24) is 24.8 Å². The Bertz CT molecular complexity index is 1220. The van der Waals surface area contributed by atoms with Gasteiger partial charge >= 0.3 is 0 Å². The van der Waals surface area contributed by atoms with Gasteiger partial charge in [-0.05, 0) is 52.3 Å². The number of pyridine rings is 1. The van der Waals surface area contributed by atoms with Gasteiger partial charge in [0.15, 0.2) is 0 Å². The number of anilines is 3. The van der Waals surface area contributed by atoms with E-state index in [-0.39, 0.29) is 22.9 Å². The predicted octanol–water partition coefficient (Wildman–Crippen LogP) is 2.45. The van der Waals surface area contributed by atoms with Crippen LogP contribution in [0.4, 0.5) is 17.5 Å². The van der Waals surface area contributed by atoms with Gasteiger partial charge in [-0.3, -0.25) is 9.69 Å². The molecule has 1 amide bonds. The molecule has 0 aromatic carbocycles. The van der Waals surface area contributed by atoms with Crippen LogP contribution in [0.2, 0.25) is 0 Å². The molecule has 1 aliphatic carbocycles. The standard InChI is InChI=1S/C26H32N8O/c1-18-15-32(11-12-33(18)24(35)25(2)8-10-31(25)3)22-21-23(30-17-29-22)34(16-26(21)6-4-7-26)20-13-19(14-27)5-9-28-20/h5,9,13,17-18H,4,6-8,10-12,15-16H2,1-3H3. The summed E-state index contributed by atoms with van der Waals surface area (Å²) in [6.07, 6.45) is 7.67. The Morgan fingerprint density at radius 2 is 1.94 bits per heavy atom. The molecule has 4 aliphatic rings. The molecule has 0 radical (unpaired) electrons. The van der Waals surface area contributed by atoms with E-state index in [0.29, 0.717) is 12.1 Å². The minimum absolute atomic E-state index is 0.0224. The van der Waals surface area contributed by atoms with Gasteiger partial charge in [0.1, 0.15) is 23.8 Å². The highest BCUT2D eigenvalue weighted by molar-refractivity contribution is 5.87. The summed E-state index contributed by atoms with van der Waals surface area (Å²) >= 11 is 0. The van der Waals surface area contributed by atoms with Crippen molar-refractivity contribution in [3.63, 3.8) is 0 Å². The lowest BCUT2D eigenvalue weighted by Gasteiger charge is -2.52. The molecule has 2 aromatic heterocycles. The molecular weight excluding hydrogens is 440 g/mol. The molecule has 35 heavy (non-hydrogen) atoms. The number of carbonyl (C=O) groups excluding carboxylic acids is 1. The lowest BCUT2D eigenvalue weighted by atomic mass is 9.66. The normalized spacial score (nSPS) is 27.3. The van der Waals surface area contributed by atoms with Crippen molar-refractivity contribution < 1.29 is 4.79 Å². The van der Waals surface area contributed by atoms with Crippen LogP contribution < -0.4 is 9.80 Å². The second-order valence-electron chi connectivity index (χ2n) is 10.9. The number of amides is 1. The van der Waals surface area contributed by atoms with Crippen LogP contribution >= 0.6 is 0 Å². The summed E-state index contributed by atoms with van der Waals surface area (Å²) in [5.74, 6) is 2.92. The number of nitrogens with zero attached hydrogens (tertiary/aromatic N) is 8. The molecule has 2 saturated heterocycles. The summed E-state index contributed by atoms with van der Waals surface area (Å²) in [5, 5.41) is 9.38. The van der Waals surface area contributed by atoms with E-state index >= 15 is 0 Å². The summed E-state index contributed by atoms with van der Waals surface area (Å²) in [4.78, 5) is 36.2. The Labute approximate surface area is 206 Å². The first kappa shape index (κ1) is 22.2. The van der Waals surface area contributed by atoms with Crippen LogP contribution in [-0.2, 0) is 10.2 Å². The molecule has 0 N–H and O–H groups in total. The highest BCUT2D eigenvalue weighted by atomic mass is 16.2. The molecule has 1 saturated carbocycles. The van der Waals surface area contributed by atoms with Crippen molar-refractivity contribution in [3.05, 3.63) is 35.8 Å². The van der Waals surface area contributed by atoms with E-state index in [4.69, 9.17) is 9.97 Å². The van der Waals surface area contributed by atoms with Gasteiger partial charge in [0, 0.05) is 55.9 Å². The van der Waals surface area contributed by atoms with Crippen LogP contribution in [0.3, 0.4) is 0 Å². The van der Waals surface area contributed by atoms with Crippen molar-refractivity contribution in [2.45, 2.75) is 56.5 Å². The number of fused-ring (bicyclic) bond motifs is 2. The Morgan fingerprint density at radius 3 is 2.57 bits per heavy atom. The van der Waals surface area contributed by atoms with E-state index < -0.39 is 0 Å². The van der Waals surface area contributed by atoms with Gasteiger partial charge < -0.3 is 14.7 Å². The quantitative estimate of drug-likeness (QED) is 0.673. The van der Waals surface area contributed by atoms with E-state index in [1.54, 1.807) is 18.6 Å². The Hall–Kier alpha value is -3.25. The highest BCUT2D eigenvalue weighted by Gasteiger charge is 2.52. The fourth-order valence-electron chi connectivity index (χ4n) is 6.28. The number of hydrogen-bond donors (Lipinski definition) is 0. The van der Waals surface area contributed by atoms with Gasteiger partial charge in [-0.15, -0.1) is 0 Å². The Morgan fingerprint density at radius 1 is 1.14 bits per heavy atom. The zero-order valence-electron chi connectivity index (χ0n) is 20.7. The van der Waals surface area contributed by atoms with Gasteiger partial charge in [-0.25, -0.2) is 15.0 Å². The molecule has 6 rings (SSSR count). The third-order valence-electron chi connectivity index (χ3n) is 8.94. The minimum atomic E-state index is -0.367. The van der Waals surface area contributed by atoms with Crippen LogP contribution in [-0.4, -0.2) is 82.0 Å². The number of carbonyl (C=O) groups is 1. The molecule has 2 unspecified atom stereocenters. The van der Waals surface area contributed by atoms with E-state index in [1.165, 1.54) is 12.0 Å². The maximum absolute atomic E-state index is 13.4. The third-order valence-corrected chi connectivity index (χ3v) is 8.94. The molecule has 9 heteroatoms.